The van der Waals surface area contributed by atoms with Crippen molar-refractivity contribution >= 4 is 35.1 Å². The Morgan fingerprint density at radius 1 is 1.21 bits per heavy atom. The normalized spacial score (nSPS) is 24.4. The number of aliphatic hydroxyl groups is 3. The summed E-state index contributed by atoms with van der Waals surface area (Å²) >= 11 is 8.03. The van der Waals surface area contributed by atoms with E-state index in [9.17, 15) is 15.3 Å². The van der Waals surface area contributed by atoms with Crippen LogP contribution in [0.25, 0.3) is 11.1 Å². The van der Waals surface area contributed by atoms with Gasteiger partial charge in [0.25, 0.3) is 0 Å². The van der Waals surface area contributed by atoms with Crippen LogP contribution in [0.3, 0.4) is 0 Å². The predicted octanol–water partition coefficient (Wildman–Crippen LogP) is 1.78. The van der Waals surface area contributed by atoms with E-state index in [1.807, 2.05) is 25.3 Å². The number of nitrogens with zero attached hydrogens (tertiary/aromatic N) is 3. The minimum absolute atomic E-state index is 0.200. The van der Waals surface area contributed by atoms with E-state index in [1.165, 1.54) is 0 Å². The van der Waals surface area contributed by atoms with Crippen LogP contribution in [0, 0.1) is 12.8 Å². The van der Waals surface area contributed by atoms with Crippen molar-refractivity contribution in [2.24, 2.45) is 5.92 Å². The van der Waals surface area contributed by atoms with Crippen LogP contribution in [0.1, 0.15) is 12.1 Å². The van der Waals surface area contributed by atoms with Crippen molar-refractivity contribution in [1.29, 1.82) is 0 Å². The predicted molar refractivity (Wildman–Crippen MR) is 111 cm³/mol. The third kappa shape index (κ3) is 4.04. The first-order chi connectivity index (χ1) is 13.4. The van der Waals surface area contributed by atoms with E-state index in [0.717, 1.165) is 16.3 Å². The number of nitrogens with one attached hydrogen (secondary N) is 2. The van der Waals surface area contributed by atoms with Crippen molar-refractivity contribution in [2.45, 2.75) is 36.6 Å². The van der Waals surface area contributed by atoms with Gasteiger partial charge in [-0.1, -0.05) is 11.6 Å². The van der Waals surface area contributed by atoms with Gasteiger partial charge in [-0.2, -0.15) is 4.98 Å². The highest BCUT2D eigenvalue weighted by molar-refractivity contribution is 7.98. The molecule has 28 heavy (non-hydrogen) atoms. The van der Waals surface area contributed by atoms with Crippen LogP contribution in [-0.4, -0.2) is 68.4 Å². The Hall–Kier alpha value is -1.65. The molecule has 1 aliphatic rings. The number of aromatic nitrogens is 3. The highest BCUT2D eigenvalue weighted by Gasteiger charge is 2.41. The lowest BCUT2D eigenvalue weighted by Gasteiger charge is -2.22. The molecule has 2 heterocycles. The van der Waals surface area contributed by atoms with Gasteiger partial charge in [0, 0.05) is 30.8 Å². The molecule has 0 aliphatic heterocycles. The summed E-state index contributed by atoms with van der Waals surface area (Å²) < 4.78 is 0. The van der Waals surface area contributed by atoms with Gasteiger partial charge in [0.15, 0.2) is 0 Å². The smallest absolute Gasteiger partial charge is 0.225 e. The second-order valence-electron chi connectivity index (χ2n) is 6.71. The lowest BCUT2D eigenvalue weighted by atomic mass is 10.1. The molecule has 1 aliphatic carbocycles. The zero-order valence-corrected chi connectivity index (χ0v) is 17.4. The number of aryl methyl sites for hydroxylation is 1. The monoisotopic (exact) mass is 425 g/mol. The van der Waals surface area contributed by atoms with Gasteiger partial charge >= 0.3 is 0 Å². The summed E-state index contributed by atoms with van der Waals surface area (Å²) in [5.74, 6) is 0.358. The zero-order chi connectivity index (χ0) is 20.4. The number of pyridine rings is 1. The number of anilines is 2. The molecular weight excluding hydrogens is 402 g/mol. The minimum Gasteiger partial charge on any atom is -0.396 e. The van der Waals surface area contributed by atoms with Gasteiger partial charge in [-0.15, -0.1) is 11.8 Å². The fourth-order valence-corrected chi connectivity index (χ4v) is 4.13. The summed E-state index contributed by atoms with van der Waals surface area (Å²) in [5.41, 5.74) is 2.13. The van der Waals surface area contributed by atoms with Crippen LogP contribution in [0.4, 0.5) is 11.8 Å². The van der Waals surface area contributed by atoms with Gasteiger partial charge in [-0.25, -0.2) is 9.97 Å². The number of aliphatic hydroxyl groups excluding tert-OH is 3. The van der Waals surface area contributed by atoms with Crippen LogP contribution >= 0.6 is 23.4 Å². The van der Waals surface area contributed by atoms with E-state index in [1.54, 1.807) is 18.8 Å². The quantitative estimate of drug-likeness (QED) is 0.348. The summed E-state index contributed by atoms with van der Waals surface area (Å²) in [4.78, 5) is 13.3. The van der Waals surface area contributed by atoms with Gasteiger partial charge in [-0.3, -0.25) is 0 Å². The van der Waals surface area contributed by atoms with E-state index < -0.39 is 24.2 Å². The van der Waals surface area contributed by atoms with Gasteiger partial charge < -0.3 is 26.0 Å². The largest absolute Gasteiger partial charge is 0.396 e. The van der Waals surface area contributed by atoms with Crippen molar-refractivity contribution in [1.82, 2.24) is 15.0 Å². The molecule has 1 fully saturated rings. The third-order valence-corrected chi connectivity index (χ3v) is 5.90. The average molecular weight is 426 g/mol. The first-order valence-corrected chi connectivity index (χ1v) is 10.5. The maximum absolute atomic E-state index is 10.4. The summed E-state index contributed by atoms with van der Waals surface area (Å²) in [6.07, 6.45) is 0.319. The summed E-state index contributed by atoms with van der Waals surface area (Å²) in [6.45, 7) is 1.69. The Labute approximate surface area is 172 Å². The van der Waals surface area contributed by atoms with E-state index in [0.29, 0.717) is 23.8 Å². The van der Waals surface area contributed by atoms with Gasteiger partial charge in [-0.05, 0) is 31.7 Å². The van der Waals surface area contributed by atoms with Crippen LogP contribution < -0.4 is 10.6 Å². The zero-order valence-electron chi connectivity index (χ0n) is 15.8. The number of hydrogen-bond donors (Lipinski definition) is 5. The standard InChI is InChI=1S/C18H24ClN5O3S/c1-8-10(4-5-12(21-8)28-3)13-16(19)23-18(20-2)24-17(13)22-11-6-9(7-25)14(26)15(11)27/h4-5,9,11,14-15,25-27H,6-7H2,1-3H3,(H2,20,22,23,24)/t9-,11-,14-,15+/m1/s1. The molecule has 5 N–H and O–H groups in total. The maximum Gasteiger partial charge on any atom is 0.225 e. The molecule has 0 amide bonds. The summed E-state index contributed by atoms with van der Waals surface area (Å²) in [6, 6.07) is 3.33. The summed E-state index contributed by atoms with van der Waals surface area (Å²) in [7, 11) is 1.69. The van der Waals surface area contributed by atoms with Crippen LogP contribution in [0.15, 0.2) is 17.2 Å². The Morgan fingerprint density at radius 2 is 1.96 bits per heavy atom. The highest BCUT2D eigenvalue weighted by atomic mass is 35.5. The SMILES string of the molecule is CNc1nc(Cl)c(-c2ccc(SC)nc2C)c(N[C@@H]2C[C@H](CO)[C@@H](O)[C@H]2O)n1. The highest BCUT2D eigenvalue weighted by Crippen LogP contribution is 2.38. The molecule has 10 heteroatoms. The van der Waals surface area contributed by atoms with E-state index >= 15 is 0 Å². The molecule has 152 valence electrons. The van der Waals surface area contributed by atoms with Gasteiger partial charge in [0.05, 0.1) is 22.7 Å². The maximum atomic E-state index is 10.4. The minimum atomic E-state index is -1.03. The molecule has 2 aromatic rings. The molecule has 0 unspecified atom stereocenters. The molecule has 0 aromatic carbocycles. The van der Waals surface area contributed by atoms with Crippen LogP contribution in [0.2, 0.25) is 5.15 Å². The van der Waals surface area contributed by atoms with Crippen LogP contribution in [0.5, 0.6) is 0 Å². The molecule has 2 aromatic heterocycles. The Kier molecular flexibility index (Phi) is 6.61. The molecule has 0 radical (unpaired) electrons. The topological polar surface area (TPSA) is 123 Å². The molecule has 1 saturated carbocycles. The molecule has 0 spiro atoms. The summed E-state index contributed by atoms with van der Waals surface area (Å²) in [5, 5.41) is 37.1. The third-order valence-electron chi connectivity index (χ3n) is 4.99. The molecule has 0 saturated heterocycles. The van der Waals surface area contributed by atoms with Crippen molar-refractivity contribution in [3.05, 3.63) is 23.0 Å². The number of hydrogen-bond acceptors (Lipinski definition) is 9. The van der Waals surface area contributed by atoms with Gasteiger partial charge in [0.1, 0.15) is 17.1 Å². The second-order valence-corrected chi connectivity index (χ2v) is 7.89. The molecule has 3 rings (SSSR count). The van der Waals surface area contributed by atoms with Crippen molar-refractivity contribution in [3.8, 4) is 11.1 Å². The van der Waals surface area contributed by atoms with Crippen LogP contribution in [-0.2, 0) is 0 Å². The van der Waals surface area contributed by atoms with E-state index in [2.05, 4.69) is 25.6 Å². The molecule has 4 atom stereocenters. The Morgan fingerprint density at radius 3 is 2.54 bits per heavy atom. The van der Waals surface area contributed by atoms with Crippen molar-refractivity contribution in [3.63, 3.8) is 0 Å². The Bertz CT molecular complexity index is 856. The second kappa shape index (κ2) is 8.79. The van der Waals surface area contributed by atoms with E-state index in [4.69, 9.17) is 11.6 Å². The van der Waals surface area contributed by atoms with E-state index in [-0.39, 0.29) is 11.8 Å². The Balaban J connectivity index is 2.04. The first kappa shape index (κ1) is 21.1. The van der Waals surface area contributed by atoms with Crippen molar-refractivity contribution in [2.75, 3.05) is 30.5 Å². The lowest BCUT2D eigenvalue weighted by Crippen LogP contribution is -2.35. The number of halogens is 1. The fourth-order valence-electron chi connectivity index (χ4n) is 3.43. The number of thioether (sulfide) groups is 1. The molecule has 0 bridgehead atoms. The molecular formula is C18H24ClN5O3S. The fraction of sp³-hybridized carbons (Fsp3) is 0.500. The first-order valence-electron chi connectivity index (χ1n) is 8.90. The van der Waals surface area contributed by atoms with Crippen molar-refractivity contribution < 1.29 is 15.3 Å². The lowest BCUT2D eigenvalue weighted by molar-refractivity contribution is 0.00446. The number of rotatable bonds is 6. The average Bonchev–Trinajstić information content (AvgIpc) is 2.96. The van der Waals surface area contributed by atoms with Gasteiger partial charge in [0.2, 0.25) is 5.95 Å². The molecule has 8 nitrogen and oxygen atoms in total.